The molecule has 1 atom stereocenters. The van der Waals surface area contributed by atoms with Gasteiger partial charge >= 0.3 is 0 Å². The van der Waals surface area contributed by atoms with E-state index in [1.807, 2.05) is 11.8 Å². The molecule has 0 aliphatic heterocycles. The Balaban J connectivity index is 1.96. The smallest absolute Gasteiger partial charge is 0.0431 e. The summed E-state index contributed by atoms with van der Waals surface area (Å²) in [5.41, 5.74) is 4.02. The Morgan fingerprint density at radius 3 is 2.44 bits per heavy atom. The van der Waals surface area contributed by atoms with Gasteiger partial charge in [0.1, 0.15) is 0 Å². The Kier molecular flexibility index (Phi) is 4.27. The zero-order chi connectivity index (χ0) is 11.4. The van der Waals surface area contributed by atoms with Gasteiger partial charge < -0.3 is 0 Å². The quantitative estimate of drug-likeness (QED) is 0.622. The second kappa shape index (κ2) is 5.71. The molecule has 0 radical (unpaired) electrons. The summed E-state index contributed by atoms with van der Waals surface area (Å²) >= 11 is 2.03. The van der Waals surface area contributed by atoms with Crippen LogP contribution in [0, 0.1) is 0 Å². The van der Waals surface area contributed by atoms with Crippen LogP contribution in [0.3, 0.4) is 0 Å². The van der Waals surface area contributed by atoms with Crippen molar-refractivity contribution in [3.63, 3.8) is 0 Å². The van der Waals surface area contributed by atoms with Gasteiger partial charge in [0, 0.05) is 16.2 Å². The second-order valence-corrected chi connectivity index (χ2v) is 5.86. The Bertz CT molecular complexity index is 317. The summed E-state index contributed by atoms with van der Waals surface area (Å²) in [4.78, 5) is 1.39. The average molecular weight is 236 g/mol. The first-order valence-electron chi connectivity index (χ1n) is 6.02. The zero-order valence-electron chi connectivity index (χ0n) is 9.78. The standard InChI is InChI=1S/C13H20N2S/c1-10(15-14)11-6-8-13(9-7-11)16-12-4-2-3-5-12/h6-10,12,15H,2-5,14H2,1H3. The van der Waals surface area contributed by atoms with Crippen LogP contribution in [0.2, 0.25) is 0 Å². The molecule has 16 heavy (non-hydrogen) atoms. The van der Waals surface area contributed by atoms with Crippen molar-refractivity contribution < 1.29 is 0 Å². The van der Waals surface area contributed by atoms with E-state index in [0.29, 0.717) is 0 Å². The molecule has 0 aromatic heterocycles. The summed E-state index contributed by atoms with van der Waals surface area (Å²) in [6.45, 7) is 2.07. The van der Waals surface area contributed by atoms with Crippen molar-refractivity contribution in [3.8, 4) is 0 Å². The topological polar surface area (TPSA) is 38.0 Å². The van der Waals surface area contributed by atoms with E-state index < -0.39 is 0 Å². The van der Waals surface area contributed by atoms with Crippen LogP contribution < -0.4 is 11.3 Å². The summed E-state index contributed by atoms with van der Waals surface area (Å²) in [6, 6.07) is 8.99. The number of thioether (sulfide) groups is 1. The van der Waals surface area contributed by atoms with Crippen molar-refractivity contribution >= 4 is 11.8 Å². The van der Waals surface area contributed by atoms with Gasteiger partial charge in [-0.25, -0.2) is 0 Å². The minimum Gasteiger partial charge on any atom is -0.271 e. The molecule has 2 rings (SSSR count). The van der Waals surface area contributed by atoms with E-state index in [1.165, 1.54) is 36.1 Å². The number of rotatable bonds is 4. The van der Waals surface area contributed by atoms with Gasteiger partial charge in [0.15, 0.2) is 0 Å². The zero-order valence-corrected chi connectivity index (χ0v) is 10.6. The Morgan fingerprint density at radius 2 is 1.88 bits per heavy atom. The SMILES string of the molecule is CC(NN)c1ccc(SC2CCCC2)cc1. The van der Waals surface area contributed by atoms with Crippen LogP contribution in [0.4, 0.5) is 0 Å². The highest BCUT2D eigenvalue weighted by Crippen LogP contribution is 2.34. The van der Waals surface area contributed by atoms with Crippen molar-refractivity contribution in [2.24, 2.45) is 5.84 Å². The van der Waals surface area contributed by atoms with Crippen LogP contribution in [0.15, 0.2) is 29.2 Å². The number of nitrogens with two attached hydrogens (primary N) is 1. The summed E-state index contributed by atoms with van der Waals surface area (Å²) in [7, 11) is 0. The molecule has 1 unspecified atom stereocenters. The predicted molar refractivity (Wildman–Crippen MR) is 70.3 cm³/mol. The fourth-order valence-electron chi connectivity index (χ4n) is 2.13. The Hall–Kier alpha value is -0.510. The summed E-state index contributed by atoms with van der Waals surface area (Å²) in [5.74, 6) is 5.42. The molecule has 0 spiro atoms. The van der Waals surface area contributed by atoms with E-state index in [1.54, 1.807) is 0 Å². The van der Waals surface area contributed by atoms with Gasteiger partial charge in [0.2, 0.25) is 0 Å². The lowest BCUT2D eigenvalue weighted by Gasteiger charge is -2.12. The molecule has 3 heteroatoms. The van der Waals surface area contributed by atoms with Gasteiger partial charge in [-0.3, -0.25) is 11.3 Å². The van der Waals surface area contributed by atoms with Crippen molar-refractivity contribution in [1.82, 2.24) is 5.43 Å². The fraction of sp³-hybridized carbons (Fsp3) is 0.538. The predicted octanol–water partition coefficient (Wildman–Crippen LogP) is 3.25. The molecule has 3 N–H and O–H groups in total. The van der Waals surface area contributed by atoms with Crippen LogP contribution in [-0.2, 0) is 0 Å². The van der Waals surface area contributed by atoms with Crippen LogP contribution in [-0.4, -0.2) is 5.25 Å². The molecule has 1 saturated carbocycles. The molecule has 1 fully saturated rings. The van der Waals surface area contributed by atoms with Gasteiger partial charge in [-0.2, -0.15) is 0 Å². The minimum absolute atomic E-state index is 0.227. The van der Waals surface area contributed by atoms with Crippen molar-refractivity contribution in [2.75, 3.05) is 0 Å². The third kappa shape index (κ3) is 3.00. The van der Waals surface area contributed by atoms with E-state index in [4.69, 9.17) is 5.84 Å². The van der Waals surface area contributed by atoms with Gasteiger partial charge in [-0.15, -0.1) is 11.8 Å². The van der Waals surface area contributed by atoms with Crippen molar-refractivity contribution in [3.05, 3.63) is 29.8 Å². The molecule has 0 amide bonds. The van der Waals surface area contributed by atoms with E-state index in [9.17, 15) is 0 Å². The van der Waals surface area contributed by atoms with Crippen LogP contribution >= 0.6 is 11.8 Å². The molecular formula is C13H20N2S. The number of hydrogen-bond acceptors (Lipinski definition) is 3. The van der Waals surface area contributed by atoms with Gasteiger partial charge in [-0.05, 0) is 37.5 Å². The first kappa shape index (κ1) is 12.0. The maximum Gasteiger partial charge on any atom is 0.0431 e. The molecule has 1 aliphatic rings. The number of nitrogens with one attached hydrogen (secondary N) is 1. The molecule has 88 valence electrons. The molecule has 1 aliphatic carbocycles. The number of benzene rings is 1. The van der Waals surface area contributed by atoms with Gasteiger partial charge in [0.25, 0.3) is 0 Å². The van der Waals surface area contributed by atoms with Gasteiger partial charge in [-0.1, -0.05) is 25.0 Å². The summed E-state index contributed by atoms with van der Waals surface area (Å²) < 4.78 is 0. The molecule has 1 aromatic carbocycles. The summed E-state index contributed by atoms with van der Waals surface area (Å²) in [6.07, 6.45) is 5.58. The van der Waals surface area contributed by atoms with Crippen molar-refractivity contribution in [2.45, 2.75) is 48.8 Å². The molecule has 0 bridgehead atoms. The minimum atomic E-state index is 0.227. The molecule has 2 nitrogen and oxygen atoms in total. The highest BCUT2D eigenvalue weighted by molar-refractivity contribution is 8.00. The molecule has 1 aromatic rings. The van der Waals surface area contributed by atoms with Gasteiger partial charge in [0.05, 0.1) is 0 Å². The number of hydrazine groups is 1. The summed E-state index contributed by atoms with van der Waals surface area (Å²) in [5, 5.41) is 0.843. The Labute approximate surface area is 102 Å². The fourth-order valence-corrected chi connectivity index (χ4v) is 3.38. The highest BCUT2D eigenvalue weighted by atomic mass is 32.2. The van der Waals surface area contributed by atoms with E-state index in [2.05, 4.69) is 36.6 Å². The highest BCUT2D eigenvalue weighted by Gasteiger charge is 2.15. The van der Waals surface area contributed by atoms with Crippen LogP contribution in [0.1, 0.15) is 44.2 Å². The molecule has 0 heterocycles. The normalized spacial score (nSPS) is 18.9. The third-order valence-corrected chi connectivity index (χ3v) is 4.58. The molecule has 0 saturated heterocycles. The first-order chi connectivity index (χ1) is 7.79. The first-order valence-corrected chi connectivity index (χ1v) is 6.90. The average Bonchev–Trinajstić information content (AvgIpc) is 2.82. The maximum atomic E-state index is 5.42. The lowest BCUT2D eigenvalue weighted by molar-refractivity contribution is 0.602. The number of hydrogen-bond donors (Lipinski definition) is 2. The maximum absolute atomic E-state index is 5.42. The lowest BCUT2D eigenvalue weighted by atomic mass is 10.1. The molecular weight excluding hydrogens is 216 g/mol. The van der Waals surface area contributed by atoms with E-state index >= 15 is 0 Å². The van der Waals surface area contributed by atoms with Crippen LogP contribution in [0.5, 0.6) is 0 Å². The lowest BCUT2D eigenvalue weighted by Crippen LogP contribution is -2.25. The largest absolute Gasteiger partial charge is 0.271 e. The monoisotopic (exact) mass is 236 g/mol. The Morgan fingerprint density at radius 1 is 1.25 bits per heavy atom. The van der Waals surface area contributed by atoms with Crippen molar-refractivity contribution in [1.29, 1.82) is 0 Å². The van der Waals surface area contributed by atoms with Crippen LogP contribution in [0.25, 0.3) is 0 Å². The van der Waals surface area contributed by atoms with E-state index in [0.717, 1.165) is 5.25 Å². The third-order valence-electron chi connectivity index (χ3n) is 3.24. The second-order valence-electron chi connectivity index (χ2n) is 4.48. The van der Waals surface area contributed by atoms with E-state index in [-0.39, 0.29) is 6.04 Å².